The lowest BCUT2D eigenvalue weighted by atomic mass is 10.1. The quantitative estimate of drug-likeness (QED) is 0.319. The molecule has 0 fully saturated rings. The summed E-state index contributed by atoms with van der Waals surface area (Å²) in [6, 6.07) is 22.6. The number of para-hydroxylation sites is 2. The SMILES string of the molecule is COc1ccc(/C=C/c2nc3ccccc3n2CCCOc2ccc(C)cc2C)cc1. The molecule has 0 aliphatic heterocycles. The number of hydrogen-bond donors (Lipinski definition) is 0. The molecule has 0 radical (unpaired) electrons. The number of aryl methyl sites for hydroxylation is 3. The molecule has 0 unspecified atom stereocenters. The molecule has 0 spiro atoms. The maximum Gasteiger partial charge on any atom is 0.133 e. The topological polar surface area (TPSA) is 36.3 Å². The summed E-state index contributed by atoms with van der Waals surface area (Å²) in [5, 5.41) is 0. The molecular formula is C27H28N2O2. The van der Waals surface area contributed by atoms with Gasteiger partial charge in [-0.2, -0.15) is 0 Å². The minimum Gasteiger partial charge on any atom is -0.497 e. The molecule has 4 rings (SSSR count). The van der Waals surface area contributed by atoms with Crippen LogP contribution in [-0.2, 0) is 6.54 Å². The first-order valence-electron chi connectivity index (χ1n) is 10.6. The smallest absolute Gasteiger partial charge is 0.133 e. The Morgan fingerprint density at radius 2 is 1.74 bits per heavy atom. The van der Waals surface area contributed by atoms with E-state index in [0.29, 0.717) is 6.61 Å². The van der Waals surface area contributed by atoms with Crippen molar-refractivity contribution in [2.45, 2.75) is 26.8 Å². The van der Waals surface area contributed by atoms with E-state index in [9.17, 15) is 0 Å². The number of hydrogen-bond acceptors (Lipinski definition) is 3. The molecule has 4 heteroatoms. The van der Waals surface area contributed by atoms with Crippen molar-refractivity contribution in [2.24, 2.45) is 0 Å². The molecular weight excluding hydrogens is 384 g/mol. The first kappa shape index (κ1) is 20.7. The van der Waals surface area contributed by atoms with Crippen molar-refractivity contribution in [2.75, 3.05) is 13.7 Å². The highest BCUT2D eigenvalue weighted by atomic mass is 16.5. The van der Waals surface area contributed by atoms with Crippen molar-refractivity contribution in [3.63, 3.8) is 0 Å². The van der Waals surface area contributed by atoms with Gasteiger partial charge in [0.1, 0.15) is 17.3 Å². The Labute approximate surface area is 183 Å². The lowest BCUT2D eigenvalue weighted by Crippen LogP contribution is -2.06. The van der Waals surface area contributed by atoms with Crippen LogP contribution in [0.1, 0.15) is 28.9 Å². The van der Waals surface area contributed by atoms with Crippen LogP contribution in [-0.4, -0.2) is 23.3 Å². The first-order chi connectivity index (χ1) is 15.1. The molecule has 0 N–H and O–H groups in total. The van der Waals surface area contributed by atoms with Gasteiger partial charge in [-0.3, -0.25) is 0 Å². The van der Waals surface area contributed by atoms with Gasteiger partial charge in [0.2, 0.25) is 0 Å². The third-order valence-corrected chi connectivity index (χ3v) is 5.34. The minimum absolute atomic E-state index is 0.665. The zero-order valence-electron chi connectivity index (χ0n) is 18.3. The summed E-state index contributed by atoms with van der Waals surface area (Å²) in [5.74, 6) is 2.76. The molecule has 3 aromatic carbocycles. The maximum atomic E-state index is 6.03. The highest BCUT2D eigenvalue weighted by Crippen LogP contribution is 2.21. The van der Waals surface area contributed by atoms with Crippen LogP contribution in [0.25, 0.3) is 23.2 Å². The van der Waals surface area contributed by atoms with Crippen molar-refractivity contribution in [3.8, 4) is 11.5 Å². The molecule has 0 atom stereocenters. The molecule has 31 heavy (non-hydrogen) atoms. The van der Waals surface area contributed by atoms with Gasteiger partial charge in [0.15, 0.2) is 0 Å². The van der Waals surface area contributed by atoms with Crippen LogP contribution < -0.4 is 9.47 Å². The van der Waals surface area contributed by atoms with E-state index in [1.54, 1.807) is 7.11 Å². The average molecular weight is 413 g/mol. The number of methoxy groups -OCH3 is 1. The molecule has 1 heterocycles. The Balaban J connectivity index is 1.48. The maximum absolute atomic E-state index is 6.03. The number of fused-ring (bicyclic) bond motifs is 1. The summed E-state index contributed by atoms with van der Waals surface area (Å²) in [7, 11) is 1.68. The number of aromatic nitrogens is 2. The van der Waals surface area contributed by atoms with Crippen LogP contribution in [0.4, 0.5) is 0 Å². The van der Waals surface area contributed by atoms with Crippen molar-refractivity contribution >= 4 is 23.2 Å². The van der Waals surface area contributed by atoms with Crippen LogP contribution >= 0.6 is 0 Å². The highest BCUT2D eigenvalue weighted by molar-refractivity contribution is 5.79. The molecule has 0 amide bonds. The van der Waals surface area contributed by atoms with Gasteiger partial charge in [0, 0.05) is 6.54 Å². The van der Waals surface area contributed by atoms with E-state index >= 15 is 0 Å². The van der Waals surface area contributed by atoms with Crippen LogP contribution in [0.15, 0.2) is 66.7 Å². The Morgan fingerprint density at radius 3 is 2.52 bits per heavy atom. The van der Waals surface area contributed by atoms with Crippen LogP contribution in [0.5, 0.6) is 11.5 Å². The molecule has 0 aliphatic carbocycles. The molecule has 4 nitrogen and oxygen atoms in total. The fourth-order valence-electron chi connectivity index (χ4n) is 3.71. The Morgan fingerprint density at radius 1 is 0.935 bits per heavy atom. The Bertz CT molecular complexity index is 1190. The fraction of sp³-hybridized carbons (Fsp3) is 0.222. The van der Waals surface area contributed by atoms with Crippen molar-refractivity contribution in [3.05, 3.63) is 89.2 Å². The summed E-state index contributed by atoms with van der Waals surface area (Å²) < 4.78 is 13.5. The van der Waals surface area contributed by atoms with E-state index in [4.69, 9.17) is 14.5 Å². The van der Waals surface area contributed by atoms with Crippen LogP contribution in [0, 0.1) is 13.8 Å². The molecule has 0 aliphatic rings. The van der Waals surface area contributed by atoms with Crippen molar-refractivity contribution in [1.29, 1.82) is 0 Å². The molecule has 0 saturated heterocycles. The van der Waals surface area contributed by atoms with Gasteiger partial charge in [0.25, 0.3) is 0 Å². The van der Waals surface area contributed by atoms with Crippen LogP contribution in [0.3, 0.4) is 0 Å². The number of nitrogens with zero attached hydrogens (tertiary/aromatic N) is 2. The normalized spacial score (nSPS) is 11.3. The third kappa shape index (κ3) is 4.97. The van der Waals surface area contributed by atoms with Gasteiger partial charge in [-0.05, 0) is 67.8 Å². The third-order valence-electron chi connectivity index (χ3n) is 5.34. The van der Waals surface area contributed by atoms with Crippen molar-refractivity contribution < 1.29 is 9.47 Å². The molecule has 158 valence electrons. The zero-order chi connectivity index (χ0) is 21.6. The van der Waals surface area contributed by atoms with E-state index < -0.39 is 0 Å². The summed E-state index contributed by atoms with van der Waals surface area (Å²) in [4.78, 5) is 4.83. The fourth-order valence-corrected chi connectivity index (χ4v) is 3.71. The van der Waals surface area contributed by atoms with Gasteiger partial charge in [-0.25, -0.2) is 4.98 Å². The van der Waals surface area contributed by atoms with E-state index in [2.05, 4.69) is 67.0 Å². The second-order valence-electron chi connectivity index (χ2n) is 7.69. The van der Waals surface area contributed by atoms with Crippen LogP contribution in [0.2, 0.25) is 0 Å². The number of imidazole rings is 1. The second kappa shape index (κ2) is 9.52. The van der Waals surface area contributed by atoms with E-state index in [1.165, 1.54) is 11.1 Å². The van der Waals surface area contributed by atoms with Gasteiger partial charge in [-0.15, -0.1) is 0 Å². The largest absolute Gasteiger partial charge is 0.497 e. The monoisotopic (exact) mass is 412 g/mol. The Kier molecular flexibility index (Phi) is 6.37. The van der Waals surface area contributed by atoms with E-state index in [0.717, 1.165) is 46.9 Å². The number of benzene rings is 3. The number of rotatable bonds is 8. The van der Waals surface area contributed by atoms with Gasteiger partial charge < -0.3 is 14.0 Å². The lowest BCUT2D eigenvalue weighted by Gasteiger charge is -2.11. The first-order valence-corrected chi connectivity index (χ1v) is 10.6. The molecule has 1 aromatic heterocycles. The summed E-state index contributed by atoms with van der Waals surface area (Å²) in [6.07, 6.45) is 5.06. The molecule has 4 aromatic rings. The lowest BCUT2D eigenvalue weighted by molar-refractivity contribution is 0.300. The van der Waals surface area contributed by atoms with Gasteiger partial charge in [-0.1, -0.05) is 48.0 Å². The van der Waals surface area contributed by atoms with Gasteiger partial charge >= 0.3 is 0 Å². The Hall–Kier alpha value is -3.53. The average Bonchev–Trinajstić information content (AvgIpc) is 3.14. The summed E-state index contributed by atoms with van der Waals surface area (Å²) >= 11 is 0. The molecule has 0 bridgehead atoms. The second-order valence-corrected chi connectivity index (χ2v) is 7.69. The highest BCUT2D eigenvalue weighted by Gasteiger charge is 2.08. The predicted molar refractivity (Wildman–Crippen MR) is 128 cm³/mol. The van der Waals surface area contributed by atoms with E-state index in [1.807, 2.05) is 30.3 Å². The van der Waals surface area contributed by atoms with Crippen molar-refractivity contribution in [1.82, 2.24) is 9.55 Å². The number of ether oxygens (including phenoxy) is 2. The minimum atomic E-state index is 0.665. The predicted octanol–water partition coefficient (Wildman–Crippen LogP) is 6.30. The molecule has 0 saturated carbocycles. The standard InChI is InChI=1S/C27H28N2O2/c1-20-9-15-26(21(2)19-20)31-18-6-17-29-25-8-5-4-7-24(25)28-27(29)16-12-22-10-13-23(30-3)14-11-22/h4-5,7-16,19H,6,17-18H2,1-3H3/b16-12+. The summed E-state index contributed by atoms with van der Waals surface area (Å²) in [6.45, 7) is 5.70. The summed E-state index contributed by atoms with van der Waals surface area (Å²) in [5.41, 5.74) is 5.69. The van der Waals surface area contributed by atoms with Gasteiger partial charge in [0.05, 0.1) is 24.8 Å². The van der Waals surface area contributed by atoms with E-state index in [-0.39, 0.29) is 0 Å². The zero-order valence-corrected chi connectivity index (χ0v) is 18.3.